The molecule has 2 rings (SSSR count). The molecule has 0 spiro atoms. The van der Waals surface area contributed by atoms with E-state index in [9.17, 15) is 9.59 Å². The number of nitrogens with one attached hydrogen (secondary N) is 1. The van der Waals surface area contributed by atoms with Gasteiger partial charge in [0.2, 0.25) is 0 Å². The van der Waals surface area contributed by atoms with Gasteiger partial charge in [-0.1, -0.05) is 36.2 Å². The van der Waals surface area contributed by atoms with Crippen LogP contribution in [-0.2, 0) is 4.74 Å². The predicted molar refractivity (Wildman–Crippen MR) is 98.0 cm³/mol. The first-order valence-electron chi connectivity index (χ1n) is 7.58. The largest absolute Gasteiger partial charge is 0.494 e. The smallest absolute Gasteiger partial charge is 0.338 e. The normalized spacial score (nSPS) is 10.2. The predicted octanol–water partition coefficient (Wildman–Crippen LogP) is 4.82. The molecule has 0 aliphatic carbocycles. The Labute approximate surface area is 155 Å². The number of anilines is 1. The summed E-state index contributed by atoms with van der Waals surface area (Å²) in [7, 11) is 1.40. The molecule has 132 valence electrons. The van der Waals surface area contributed by atoms with E-state index in [2.05, 4.69) is 5.32 Å². The number of esters is 1. The van der Waals surface area contributed by atoms with Gasteiger partial charge < -0.3 is 14.8 Å². The van der Waals surface area contributed by atoms with Crippen LogP contribution in [0.5, 0.6) is 5.75 Å². The Bertz CT molecular complexity index is 793. The van der Waals surface area contributed by atoms with Crippen LogP contribution < -0.4 is 10.1 Å². The van der Waals surface area contributed by atoms with Crippen LogP contribution in [-0.4, -0.2) is 25.6 Å². The summed E-state index contributed by atoms with van der Waals surface area (Å²) >= 11 is 12.1. The number of benzene rings is 2. The fourth-order valence-corrected chi connectivity index (χ4v) is 2.61. The van der Waals surface area contributed by atoms with Crippen molar-refractivity contribution in [2.45, 2.75) is 13.3 Å². The highest BCUT2D eigenvalue weighted by Gasteiger charge is 2.20. The molecule has 0 atom stereocenters. The van der Waals surface area contributed by atoms with Crippen molar-refractivity contribution >= 4 is 40.8 Å². The third-order valence-corrected chi connectivity index (χ3v) is 3.90. The molecule has 1 N–H and O–H groups in total. The standard InChI is InChI=1S/C18H17Cl2NO4/c1-3-9-25-18(23)11-5-4-6-12(10-11)21-17(22)15-13(19)7-8-14(20)16(15)24-2/h4-8,10H,3,9H2,1-2H3,(H,21,22). The molecule has 0 radical (unpaired) electrons. The molecule has 0 aliphatic heterocycles. The number of ether oxygens (including phenoxy) is 2. The molecule has 5 nitrogen and oxygen atoms in total. The lowest BCUT2D eigenvalue weighted by Gasteiger charge is -2.13. The fraction of sp³-hybridized carbons (Fsp3) is 0.222. The molecule has 2 aromatic rings. The summed E-state index contributed by atoms with van der Waals surface area (Å²) in [4.78, 5) is 24.5. The van der Waals surface area contributed by atoms with E-state index in [-0.39, 0.29) is 21.4 Å². The summed E-state index contributed by atoms with van der Waals surface area (Å²) in [5, 5.41) is 3.16. The van der Waals surface area contributed by atoms with Gasteiger partial charge in [0, 0.05) is 5.69 Å². The summed E-state index contributed by atoms with van der Waals surface area (Å²) < 4.78 is 10.3. The van der Waals surface area contributed by atoms with Crippen molar-refractivity contribution in [3.05, 3.63) is 57.6 Å². The first-order chi connectivity index (χ1) is 12.0. The molecule has 0 unspecified atom stereocenters. The molecule has 0 bridgehead atoms. The first-order valence-corrected chi connectivity index (χ1v) is 8.34. The minimum absolute atomic E-state index is 0.121. The molecule has 0 aliphatic rings. The van der Waals surface area contributed by atoms with Crippen LogP contribution in [0.25, 0.3) is 0 Å². The van der Waals surface area contributed by atoms with E-state index in [4.69, 9.17) is 32.7 Å². The molecular weight excluding hydrogens is 365 g/mol. The lowest BCUT2D eigenvalue weighted by molar-refractivity contribution is 0.0505. The zero-order valence-corrected chi connectivity index (χ0v) is 15.3. The van der Waals surface area contributed by atoms with E-state index < -0.39 is 11.9 Å². The van der Waals surface area contributed by atoms with Gasteiger partial charge in [-0.05, 0) is 36.8 Å². The topological polar surface area (TPSA) is 64.6 Å². The average molecular weight is 382 g/mol. The number of hydrogen-bond acceptors (Lipinski definition) is 4. The molecule has 7 heteroatoms. The summed E-state index contributed by atoms with van der Waals surface area (Å²) in [5.74, 6) is -0.759. The van der Waals surface area contributed by atoms with Crippen LogP contribution in [0.4, 0.5) is 5.69 Å². The molecule has 25 heavy (non-hydrogen) atoms. The van der Waals surface area contributed by atoms with Gasteiger partial charge in [0.15, 0.2) is 5.75 Å². The summed E-state index contributed by atoms with van der Waals surface area (Å²) in [5.41, 5.74) is 0.889. The third kappa shape index (κ3) is 4.65. The number of methoxy groups -OCH3 is 1. The van der Waals surface area contributed by atoms with Gasteiger partial charge in [-0.15, -0.1) is 0 Å². The van der Waals surface area contributed by atoms with Crippen molar-refractivity contribution in [3.63, 3.8) is 0 Å². The lowest BCUT2D eigenvalue weighted by Crippen LogP contribution is -2.15. The molecule has 0 heterocycles. The van der Waals surface area contributed by atoms with Crippen molar-refractivity contribution in [2.24, 2.45) is 0 Å². The van der Waals surface area contributed by atoms with Crippen LogP contribution in [0.2, 0.25) is 10.0 Å². The van der Waals surface area contributed by atoms with Crippen molar-refractivity contribution in [1.29, 1.82) is 0 Å². The molecule has 0 aromatic heterocycles. The Balaban J connectivity index is 2.25. The van der Waals surface area contributed by atoms with E-state index in [1.54, 1.807) is 24.3 Å². The Morgan fingerprint density at radius 3 is 2.52 bits per heavy atom. The van der Waals surface area contributed by atoms with Gasteiger partial charge in [0.1, 0.15) is 5.56 Å². The number of carbonyl (C=O) groups is 2. The summed E-state index contributed by atoms with van der Waals surface area (Å²) in [6.07, 6.45) is 0.731. The lowest BCUT2D eigenvalue weighted by atomic mass is 10.1. The highest BCUT2D eigenvalue weighted by atomic mass is 35.5. The van der Waals surface area contributed by atoms with Crippen LogP contribution in [0, 0.1) is 0 Å². The van der Waals surface area contributed by atoms with E-state index in [0.717, 1.165) is 6.42 Å². The van der Waals surface area contributed by atoms with Crippen molar-refractivity contribution in [3.8, 4) is 5.75 Å². The first kappa shape index (κ1) is 19.1. The second kappa shape index (κ2) is 8.74. The Morgan fingerprint density at radius 1 is 1.12 bits per heavy atom. The molecule has 2 aromatic carbocycles. The zero-order chi connectivity index (χ0) is 18.4. The number of amides is 1. The number of halogens is 2. The van der Waals surface area contributed by atoms with Crippen LogP contribution in [0.15, 0.2) is 36.4 Å². The molecular formula is C18H17Cl2NO4. The second-order valence-corrected chi connectivity index (χ2v) is 5.92. The maximum absolute atomic E-state index is 12.6. The van der Waals surface area contributed by atoms with Crippen LogP contribution in [0.1, 0.15) is 34.1 Å². The second-order valence-electron chi connectivity index (χ2n) is 5.11. The fourth-order valence-electron chi connectivity index (χ4n) is 2.14. The minimum atomic E-state index is -0.497. The average Bonchev–Trinajstić information content (AvgIpc) is 2.61. The number of carbonyl (C=O) groups excluding carboxylic acids is 2. The van der Waals surface area contributed by atoms with Gasteiger partial charge >= 0.3 is 5.97 Å². The number of rotatable bonds is 6. The Hall–Kier alpha value is -2.24. The van der Waals surface area contributed by atoms with Crippen molar-refractivity contribution < 1.29 is 19.1 Å². The molecule has 0 saturated heterocycles. The van der Waals surface area contributed by atoms with Gasteiger partial charge in [-0.25, -0.2) is 4.79 Å². The van der Waals surface area contributed by atoms with E-state index >= 15 is 0 Å². The number of hydrogen-bond donors (Lipinski definition) is 1. The maximum Gasteiger partial charge on any atom is 0.338 e. The Morgan fingerprint density at radius 2 is 1.84 bits per heavy atom. The molecule has 0 saturated carbocycles. The summed E-state index contributed by atoms with van der Waals surface area (Å²) in [6.45, 7) is 2.25. The zero-order valence-electron chi connectivity index (χ0n) is 13.8. The highest BCUT2D eigenvalue weighted by molar-refractivity contribution is 6.37. The van der Waals surface area contributed by atoms with Gasteiger partial charge in [0.05, 0.1) is 29.3 Å². The van der Waals surface area contributed by atoms with Gasteiger partial charge in [0.25, 0.3) is 5.91 Å². The van der Waals surface area contributed by atoms with Crippen LogP contribution in [0.3, 0.4) is 0 Å². The quantitative estimate of drug-likeness (QED) is 0.728. The van der Waals surface area contributed by atoms with Crippen LogP contribution >= 0.6 is 23.2 Å². The Kier molecular flexibility index (Phi) is 6.67. The minimum Gasteiger partial charge on any atom is -0.494 e. The summed E-state index contributed by atoms with van der Waals surface area (Å²) in [6, 6.07) is 9.50. The van der Waals surface area contributed by atoms with Gasteiger partial charge in [-0.2, -0.15) is 0 Å². The molecule has 1 amide bonds. The van der Waals surface area contributed by atoms with E-state index in [0.29, 0.717) is 17.9 Å². The maximum atomic E-state index is 12.6. The van der Waals surface area contributed by atoms with Crippen molar-refractivity contribution in [2.75, 3.05) is 19.0 Å². The third-order valence-electron chi connectivity index (χ3n) is 3.28. The van der Waals surface area contributed by atoms with E-state index in [1.165, 1.54) is 19.2 Å². The van der Waals surface area contributed by atoms with E-state index in [1.807, 2.05) is 6.92 Å². The highest BCUT2D eigenvalue weighted by Crippen LogP contribution is 2.34. The monoisotopic (exact) mass is 381 g/mol. The molecule has 0 fully saturated rings. The SMILES string of the molecule is CCCOC(=O)c1cccc(NC(=O)c2c(Cl)ccc(Cl)c2OC)c1. The van der Waals surface area contributed by atoms with Crippen molar-refractivity contribution in [1.82, 2.24) is 0 Å². The van der Waals surface area contributed by atoms with Gasteiger partial charge in [-0.3, -0.25) is 4.79 Å².